The maximum absolute atomic E-state index is 12.5. The molecule has 2 heterocycles. The van der Waals surface area contributed by atoms with Crippen LogP contribution in [0.25, 0.3) is 0 Å². The van der Waals surface area contributed by atoms with E-state index >= 15 is 0 Å². The second-order valence-corrected chi connectivity index (χ2v) is 6.00. The van der Waals surface area contributed by atoms with Crippen LogP contribution in [0.3, 0.4) is 0 Å². The molecule has 0 aromatic carbocycles. The molecule has 6 nitrogen and oxygen atoms in total. The highest BCUT2D eigenvalue weighted by molar-refractivity contribution is 5.93. The van der Waals surface area contributed by atoms with Crippen LogP contribution >= 0.6 is 0 Å². The van der Waals surface area contributed by atoms with Crippen molar-refractivity contribution in [3.8, 4) is 6.01 Å². The molecule has 2 rings (SSSR count). The number of aliphatic hydroxyl groups is 1. The third-order valence-electron chi connectivity index (χ3n) is 3.48. The van der Waals surface area contributed by atoms with Crippen LogP contribution in [-0.4, -0.2) is 52.2 Å². The van der Waals surface area contributed by atoms with Gasteiger partial charge in [-0.3, -0.25) is 4.79 Å². The number of rotatable bonds is 2. The molecule has 1 fully saturated rings. The number of carbonyl (C=O) groups is 1. The summed E-state index contributed by atoms with van der Waals surface area (Å²) >= 11 is 0. The van der Waals surface area contributed by atoms with Crippen LogP contribution in [0, 0.1) is 5.41 Å². The normalized spacial score (nSPS) is 22.2. The lowest BCUT2D eigenvalue weighted by molar-refractivity contribution is 0.0704. The fraction of sp³-hybridized carbons (Fsp3) is 0.643. The quantitative estimate of drug-likeness (QED) is 0.877. The van der Waals surface area contributed by atoms with Crippen molar-refractivity contribution in [3.63, 3.8) is 0 Å². The van der Waals surface area contributed by atoms with E-state index in [4.69, 9.17) is 4.74 Å². The Labute approximate surface area is 118 Å². The number of ether oxygens (including phenoxy) is 1. The van der Waals surface area contributed by atoms with Crippen molar-refractivity contribution in [2.75, 3.05) is 20.2 Å². The Hall–Kier alpha value is -1.69. The van der Waals surface area contributed by atoms with E-state index in [0.29, 0.717) is 31.5 Å². The molecular formula is C14H21N3O3. The molecule has 1 saturated heterocycles. The Morgan fingerprint density at radius 2 is 2.10 bits per heavy atom. The molecule has 0 radical (unpaired) electrons. The number of aromatic nitrogens is 2. The maximum Gasteiger partial charge on any atom is 0.316 e. The summed E-state index contributed by atoms with van der Waals surface area (Å²) in [4.78, 5) is 22.2. The summed E-state index contributed by atoms with van der Waals surface area (Å²) in [5, 5.41) is 9.88. The highest BCUT2D eigenvalue weighted by atomic mass is 16.5. The number of likely N-dealkylation sites (tertiary alicyclic amines) is 1. The topological polar surface area (TPSA) is 75.5 Å². The lowest BCUT2D eigenvalue weighted by atomic mass is 9.87. The summed E-state index contributed by atoms with van der Waals surface area (Å²) < 4.78 is 4.88. The molecule has 0 aliphatic carbocycles. The van der Waals surface area contributed by atoms with Gasteiger partial charge in [-0.15, -0.1) is 0 Å². The van der Waals surface area contributed by atoms with Gasteiger partial charge in [0.2, 0.25) is 0 Å². The van der Waals surface area contributed by atoms with Crippen molar-refractivity contribution in [2.45, 2.75) is 32.8 Å². The van der Waals surface area contributed by atoms with Crippen LogP contribution in [-0.2, 0) is 0 Å². The molecule has 110 valence electrons. The predicted molar refractivity (Wildman–Crippen MR) is 73.5 cm³/mol. The second-order valence-electron chi connectivity index (χ2n) is 6.00. The smallest absolute Gasteiger partial charge is 0.316 e. The van der Waals surface area contributed by atoms with Crippen molar-refractivity contribution in [1.82, 2.24) is 14.9 Å². The van der Waals surface area contributed by atoms with Crippen LogP contribution < -0.4 is 4.74 Å². The van der Waals surface area contributed by atoms with Crippen molar-refractivity contribution in [2.24, 2.45) is 5.41 Å². The third kappa shape index (κ3) is 3.45. The molecule has 1 aliphatic rings. The van der Waals surface area contributed by atoms with Gasteiger partial charge in [-0.2, -0.15) is 0 Å². The van der Waals surface area contributed by atoms with Gasteiger partial charge in [0.25, 0.3) is 5.91 Å². The molecule has 20 heavy (non-hydrogen) atoms. The van der Waals surface area contributed by atoms with Gasteiger partial charge in [0, 0.05) is 25.5 Å². The van der Waals surface area contributed by atoms with E-state index in [0.717, 1.165) is 0 Å². The third-order valence-corrected chi connectivity index (χ3v) is 3.48. The minimum Gasteiger partial charge on any atom is -0.467 e. The molecule has 1 N–H and O–H groups in total. The number of nitrogens with zero attached hydrogens (tertiary/aromatic N) is 3. The van der Waals surface area contributed by atoms with Crippen molar-refractivity contribution in [3.05, 3.63) is 18.0 Å². The van der Waals surface area contributed by atoms with Gasteiger partial charge in [0.05, 0.1) is 18.8 Å². The molecule has 0 spiro atoms. The fourth-order valence-corrected chi connectivity index (χ4v) is 2.59. The van der Waals surface area contributed by atoms with Gasteiger partial charge in [-0.25, -0.2) is 9.97 Å². The highest BCUT2D eigenvalue weighted by Gasteiger charge is 2.31. The van der Waals surface area contributed by atoms with Crippen molar-refractivity contribution >= 4 is 5.91 Å². The number of hydrogen-bond donors (Lipinski definition) is 1. The standard InChI is InChI=1S/C14H21N3O3/c1-14(2)6-11(18)4-5-17(9-14)12(19)10-7-15-13(20-3)16-8-10/h7-8,11,18H,4-6,9H2,1-3H3/t11-/m1/s1. The molecule has 1 aliphatic heterocycles. The first-order valence-corrected chi connectivity index (χ1v) is 6.75. The van der Waals surface area contributed by atoms with Gasteiger partial charge in [0.1, 0.15) is 0 Å². The Bertz CT molecular complexity index is 473. The van der Waals surface area contributed by atoms with Crippen LogP contribution in [0.15, 0.2) is 12.4 Å². The van der Waals surface area contributed by atoms with Gasteiger partial charge in [-0.05, 0) is 18.3 Å². The molecule has 0 bridgehead atoms. The van der Waals surface area contributed by atoms with E-state index in [-0.39, 0.29) is 23.4 Å². The molecular weight excluding hydrogens is 258 g/mol. The number of hydrogen-bond acceptors (Lipinski definition) is 5. The summed E-state index contributed by atoms with van der Waals surface area (Å²) in [5.74, 6) is -0.102. The first-order valence-electron chi connectivity index (χ1n) is 6.75. The predicted octanol–water partition coefficient (Wildman–Crippen LogP) is 1.11. The number of amides is 1. The van der Waals surface area contributed by atoms with Gasteiger partial charge in [0.15, 0.2) is 0 Å². The van der Waals surface area contributed by atoms with Crippen LogP contribution in [0.4, 0.5) is 0 Å². The lowest BCUT2D eigenvalue weighted by Gasteiger charge is -2.29. The first-order chi connectivity index (χ1) is 9.41. The summed E-state index contributed by atoms with van der Waals surface area (Å²) in [6.07, 6.45) is 3.91. The van der Waals surface area contributed by atoms with Crippen molar-refractivity contribution < 1.29 is 14.6 Å². The summed E-state index contributed by atoms with van der Waals surface area (Å²) in [6.45, 7) is 5.29. The molecule has 6 heteroatoms. The average Bonchev–Trinajstić information content (AvgIpc) is 2.55. The SMILES string of the molecule is COc1ncc(C(=O)N2CC[C@@H](O)CC(C)(C)C2)cn1. The van der Waals surface area contributed by atoms with E-state index in [1.54, 1.807) is 4.90 Å². The zero-order valence-electron chi connectivity index (χ0n) is 12.2. The minimum atomic E-state index is -0.352. The molecule has 0 unspecified atom stereocenters. The fourth-order valence-electron chi connectivity index (χ4n) is 2.59. The van der Waals surface area contributed by atoms with Gasteiger partial charge in [-0.1, -0.05) is 13.8 Å². The zero-order chi connectivity index (χ0) is 14.8. The van der Waals surface area contributed by atoms with E-state index in [1.165, 1.54) is 19.5 Å². The van der Waals surface area contributed by atoms with Gasteiger partial charge < -0.3 is 14.7 Å². The Morgan fingerprint density at radius 1 is 1.45 bits per heavy atom. The maximum atomic E-state index is 12.5. The summed E-state index contributed by atoms with van der Waals surface area (Å²) in [7, 11) is 1.48. The second kappa shape index (κ2) is 5.75. The highest BCUT2D eigenvalue weighted by Crippen LogP contribution is 2.29. The van der Waals surface area contributed by atoms with Gasteiger partial charge >= 0.3 is 6.01 Å². The molecule has 1 amide bonds. The number of carbonyl (C=O) groups excluding carboxylic acids is 1. The van der Waals surface area contributed by atoms with Crippen molar-refractivity contribution in [1.29, 1.82) is 0 Å². The Kier molecular flexibility index (Phi) is 4.23. The van der Waals surface area contributed by atoms with E-state index in [2.05, 4.69) is 23.8 Å². The Morgan fingerprint density at radius 3 is 2.70 bits per heavy atom. The monoisotopic (exact) mass is 279 g/mol. The average molecular weight is 279 g/mol. The first kappa shape index (κ1) is 14.7. The molecule has 1 aromatic heterocycles. The summed E-state index contributed by atoms with van der Waals surface area (Å²) in [5.41, 5.74) is 0.344. The minimum absolute atomic E-state index is 0.0983. The van der Waals surface area contributed by atoms with Crippen LogP contribution in [0.1, 0.15) is 37.0 Å². The summed E-state index contributed by atoms with van der Waals surface area (Å²) in [6, 6.07) is 0.244. The largest absolute Gasteiger partial charge is 0.467 e. The number of methoxy groups -OCH3 is 1. The van der Waals surface area contributed by atoms with E-state index < -0.39 is 0 Å². The molecule has 0 saturated carbocycles. The lowest BCUT2D eigenvalue weighted by Crippen LogP contribution is -2.37. The van der Waals surface area contributed by atoms with Crippen LogP contribution in [0.5, 0.6) is 6.01 Å². The van der Waals surface area contributed by atoms with E-state index in [1.807, 2.05) is 0 Å². The molecule has 1 atom stereocenters. The molecule has 1 aromatic rings. The van der Waals surface area contributed by atoms with E-state index in [9.17, 15) is 9.90 Å². The van der Waals surface area contributed by atoms with Crippen LogP contribution in [0.2, 0.25) is 0 Å². The Balaban J connectivity index is 2.14. The zero-order valence-corrected chi connectivity index (χ0v) is 12.2. The number of aliphatic hydroxyl groups excluding tert-OH is 1.